The molecule has 2 aromatic heterocycles. The van der Waals surface area contributed by atoms with Crippen LogP contribution in [0.2, 0.25) is 0 Å². The van der Waals surface area contributed by atoms with Crippen molar-refractivity contribution in [2.45, 2.75) is 12.5 Å². The van der Waals surface area contributed by atoms with Crippen LogP contribution in [0.1, 0.15) is 5.82 Å². The van der Waals surface area contributed by atoms with Gasteiger partial charge < -0.3 is 20.2 Å². The van der Waals surface area contributed by atoms with Crippen molar-refractivity contribution in [3.8, 4) is 5.88 Å². The maximum Gasteiger partial charge on any atom is 0.215 e. The van der Waals surface area contributed by atoms with Crippen molar-refractivity contribution in [3.63, 3.8) is 0 Å². The molecule has 0 saturated carbocycles. The van der Waals surface area contributed by atoms with Gasteiger partial charge in [0.15, 0.2) is 5.65 Å². The lowest BCUT2D eigenvalue weighted by atomic mass is 10.2. The molecule has 0 bridgehead atoms. The predicted molar refractivity (Wildman–Crippen MR) is 64.0 cm³/mol. The zero-order chi connectivity index (χ0) is 12.3. The average molecular weight is 236 g/mol. The largest absolute Gasteiger partial charge is 0.481 e. The van der Waals surface area contributed by atoms with Gasteiger partial charge in [0.25, 0.3) is 0 Å². The highest BCUT2D eigenvalue weighted by atomic mass is 16.5. The van der Waals surface area contributed by atoms with Crippen LogP contribution in [0.3, 0.4) is 0 Å². The number of hydrogen-bond acceptors (Lipinski definition) is 5. The zero-order valence-electron chi connectivity index (χ0n) is 9.93. The molecule has 0 aromatic carbocycles. The summed E-state index contributed by atoms with van der Waals surface area (Å²) in [6.07, 6.45) is 0.614. The second-order valence-corrected chi connectivity index (χ2v) is 3.71. The maximum atomic E-state index is 5.57. The molecule has 0 spiro atoms. The number of fused-ring (bicyclic) bond motifs is 1. The maximum absolute atomic E-state index is 5.57. The summed E-state index contributed by atoms with van der Waals surface area (Å²) < 4.78 is 10.3. The molecular weight excluding hydrogens is 220 g/mol. The number of pyridine rings is 1. The van der Waals surface area contributed by atoms with Crippen LogP contribution in [0, 0.1) is 0 Å². The number of ether oxygens (including phenoxy) is 2. The molecule has 0 aliphatic rings. The number of H-pyrrole nitrogens is 1. The van der Waals surface area contributed by atoms with Crippen LogP contribution in [-0.2, 0) is 11.2 Å². The fraction of sp³-hybridized carbons (Fsp3) is 0.455. The van der Waals surface area contributed by atoms with E-state index >= 15 is 0 Å². The second kappa shape index (κ2) is 5.11. The number of hydrogen-bond donors (Lipinski definition) is 2. The second-order valence-electron chi connectivity index (χ2n) is 3.71. The number of nitrogens with zero attached hydrogens (tertiary/aromatic N) is 2. The summed E-state index contributed by atoms with van der Waals surface area (Å²) in [5.74, 6) is 1.37. The third-order valence-corrected chi connectivity index (χ3v) is 2.60. The minimum absolute atomic E-state index is 0.0301. The quantitative estimate of drug-likeness (QED) is 0.788. The van der Waals surface area contributed by atoms with E-state index in [1.807, 2.05) is 6.07 Å². The van der Waals surface area contributed by atoms with Crippen molar-refractivity contribution in [2.24, 2.45) is 5.73 Å². The Morgan fingerprint density at radius 3 is 2.82 bits per heavy atom. The standard InChI is InChI=1S/C11H16N4O2/c1-16-7(6-12)5-9-13-8-3-4-10(17-2)15-11(8)14-9/h3-4,7H,5-6,12H2,1-2H3,(H,13,14,15). The Morgan fingerprint density at radius 1 is 1.35 bits per heavy atom. The first-order valence-electron chi connectivity index (χ1n) is 5.39. The van der Waals surface area contributed by atoms with E-state index in [4.69, 9.17) is 15.2 Å². The highest BCUT2D eigenvalue weighted by Crippen LogP contribution is 2.15. The Bertz CT molecular complexity index is 493. The topological polar surface area (TPSA) is 86.0 Å². The Morgan fingerprint density at radius 2 is 2.18 bits per heavy atom. The molecule has 6 heteroatoms. The van der Waals surface area contributed by atoms with Gasteiger partial charge in [0, 0.05) is 26.1 Å². The number of rotatable bonds is 5. The van der Waals surface area contributed by atoms with E-state index in [0.29, 0.717) is 24.5 Å². The molecule has 2 aromatic rings. The van der Waals surface area contributed by atoms with E-state index in [1.165, 1.54) is 0 Å². The Hall–Kier alpha value is -1.66. The van der Waals surface area contributed by atoms with Crippen LogP contribution >= 0.6 is 0 Å². The van der Waals surface area contributed by atoms with Crippen molar-refractivity contribution in [3.05, 3.63) is 18.0 Å². The van der Waals surface area contributed by atoms with Crippen molar-refractivity contribution in [2.75, 3.05) is 20.8 Å². The van der Waals surface area contributed by atoms with Gasteiger partial charge in [-0.25, -0.2) is 4.98 Å². The first-order chi connectivity index (χ1) is 8.26. The first-order valence-corrected chi connectivity index (χ1v) is 5.39. The molecule has 0 saturated heterocycles. The highest BCUT2D eigenvalue weighted by molar-refractivity contribution is 5.71. The Balaban J connectivity index is 2.25. The molecule has 2 rings (SSSR count). The van der Waals surface area contributed by atoms with Gasteiger partial charge in [-0.2, -0.15) is 4.98 Å². The highest BCUT2D eigenvalue weighted by Gasteiger charge is 2.11. The van der Waals surface area contributed by atoms with Gasteiger partial charge in [-0.3, -0.25) is 0 Å². The number of imidazole rings is 1. The molecular formula is C11H16N4O2. The molecule has 0 aliphatic carbocycles. The minimum atomic E-state index is -0.0301. The molecule has 0 aliphatic heterocycles. The van der Waals surface area contributed by atoms with E-state index < -0.39 is 0 Å². The van der Waals surface area contributed by atoms with E-state index in [0.717, 1.165) is 11.3 Å². The molecule has 3 N–H and O–H groups in total. The van der Waals surface area contributed by atoms with Crippen molar-refractivity contribution >= 4 is 11.2 Å². The normalized spacial score (nSPS) is 12.9. The SMILES string of the molecule is COc1ccc2[nH]c(CC(CN)OC)nc2n1. The van der Waals surface area contributed by atoms with Crippen molar-refractivity contribution in [1.82, 2.24) is 15.0 Å². The van der Waals surface area contributed by atoms with Gasteiger partial charge in [-0.05, 0) is 6.07 Å². The molecule has 2 heterocycles. The van der Waals surface area contributed by atoms with E-state index in [9.17, 15) is 0 Å². The summed E-state index contributed by atoms with van der Waals surface area (Å²) in [4.78, 5) is 11.8. The summed E-state index contributed by atoms with van der Waals surface area (Å²) in [7, 11) is 3.22. The number of methoxy groups -OCH3 is 2. The summed E-state index contributed by atoms with van der Waals surface area (Å²) in [5.41, 5.74) is 7.10. The lowest BCUT2D eigenvalue weighted by Crippen LogP contribution is -2.25. The van der Waals surface area contributed by atoms with Gasteiger partial charge in [0.05, 0.1) is 18.7 Å². The van der Waals surface area contributed by atoms with E-state index in [2.05, 4.69) is 15.0 Å². The van der Waals surface area contributed by atoms with Crippen LogP contribution < -0.4 is 10.5 Å². The van der Waals surface area contributed by atoms with Gasteiger partial charge in [-0.1, -0.05) is 0 Å². The summed E-state index contributed by atoms with van der Waals surface area (Å²) >= 11 is 0. The van der Waals surface area contributed by atoms with Crippen molar-refractivity contribution in [1.29, 1.82) is 0 Å². The average Bonchev–Trinajstić information content (AvgIpc) is 2.76. The summed E-state index contributed by atoms with van der Waals surface area (Å²) in [6, 6.07) is 3.68. The number of aromatic nitrogens is 3. The molecule has 6 nitrogen and oxygen atoms in total. The molecule has 1 unspecified atom stereocenters. The van der Waals surface area contributed by atoms with Gasteiger partial charge in [-0.15, -0.1) is 0 Å². The smallest absolute Gasteiger partial charge is 0.215 e. The molecule has 17 heavy (non-hydrogen) atoms. The Kier molecular flexibility index (Phi) is 3.55. The van der Waals surface area contributed by atoms with Crippen molar-refractivity contribution < 1.29 is 9.47 Å². The Labute approximate surface area is 99.2 Å². The van der Waals surface area contributed by atoms with E-state index in [-0.39, 0.29) is 6.10 Å². The lowest BCUT2D eigenvalue weighted by molar-refractivity contribution is 0.108. The van der Waals surface area contributed by atoms with Crippen LogP contribution in [0.15, 0.2) is 12.1 Å². The van der Waals surface area contributed by atoms with Gasteiger partial charge in [0.2, 0.25) is 5.88 Å². The number of aromatic amines is 1. The van der Waals surface area contributed by atoms with Crippen LogP contribution in [0.5, 0.6) is 5.88 Å². The third kappa shape index (κ3) is 2.54. The molecule has 0 fully saturated rings. The fourth-order valence-electron chi connectivity index (χ4n) is 1.61. The summed E-state index contributed by atoms with van der Waals surface area (Å²) in [6.45, 7) is 0.463. The monoisotopic (exact) mass is 236 g/mol. The number of nitrogens with one attached hydrogen (secondary N) is 1. The fourth-order valence-corrected chi connectivity index (χ4v) is 1.61. The molecule has 92 valence electrons. The third-order valence-electron chi connectivity index (χ3n) is 2.60. The van der Waals surface area contributed by atoms with Crippen LogP contribution in [0.25, 0.3) is 11.2 Å². The summed E-state index contributed by atoms with van der Waals surface area (Å²) in [5, 5.41) is 0. The van der Waals surface area contributed by atoms with Crippen LogP contribution in [-0.4, -0.2) is 41.8 Å². The molecule has 0 radical (unpaired) electrons. The number of nitrogens with two attached hydrogens (primary N) is 1. The predicted octanol–water partition coefficient (Wildman–Crippen LogP) is 0.483. The van der Waals surface area contributed by atoms with E-state index in [1.54, 1.807) is 20.3 Å². The van der Waals surface area contributed by atoms with Crippen LogP contribution in [0.4, 0.5) is 0 Å². The molecule has 0 amide bonds. The zero-order valence-corrected chi connectivity index (χ0v) is 9.93. The minimum Gasteiger partial charge on any atom is -0.481 e. The molecule has 1 atom stereocenters. The lowest BCUT2D eigenvalue weighted by Gasteiger charge is -2.09. The first kappa shape index (κ1) is 11.8. The van der Waals surface area contributed by atoms with Gasteiger partial charge in [0.1, 0.15) is 5.82 Å². The van der Waals surface area contributed by atoms with Gasteiger partial charge >= 0.3 is 0 Å².